The molecule has 104 valence electrons. The third-order valence-electron chi connectivity index (χ3n) is 3.25. The fourth-order valence-electron chi connectivity index (χ4n) is 1.92. The van der Waals surface area contributed by atoms with Crippen molar-refractivity contribution in [1.82, 2.24) is 0 Å². The van der Waals surface area contributed by atoms with Gasteiger partial charge in [0.2, 0.25) is 0 Å². The molecule has 0 bridgehead atoms. The van der Waals surface area contributed by atoms with Crippen LogP contribution < -0.4 is 11.1 Å². The maximum atomic E-state index is 11.5. The minimum atomic E-state index is -1.11. The van der Waals surface area contributed by atoms with E-state index in [0.717, 1.165) is 0 Å². The second-order valence-electron chi connectivity index (χ2n) is 4.25. The Morgan fingerprint density at radius 3 is 2.37 bits per heavy atom. The van der Waals surface area contributed by atoms with Crippen LogP contribution in [0.5, 0.6) is 0 Å². The van der Waals surface area contributed by atoms with Gasteiger partial charge < -0.3 is 16.2 Å². The highest BCUT2D eigenvalue weighted by Crippen LogP contribution is 2.29. The number of amides is 1. The van der Waals surface area contributed by atoms with Gasteiger partial charge in [0.1, 0.15) is 5.54 Å². The van der Waals surface area contributed by atoms with Gasteiger partial charge >= 0.3 is 5.97 Å². The van der Waals surface area contributed by atoms with E-state index < -0.39 is 17.4 Å². The Hall–Kier alpha value is -1.56. The first-order chi connectivity index (χ1) is 8.88. The van der Waals surface area contributed by atoms with Crippen molar-refractivity contribution in [2.75, 3.05) is 5.32 Å². The molecule has 0 unspecified atom stereocenters. The molecule has 5 nitrogen and oxygen atoms in total. The average molecular weight is 329 g/mol. The molecule has 0 heterocycles. The highest BCUT2D eigenvalue weighted by molar-refractivity contribution is 9.10. The molecule has 1 aromatic carbocycles. The highest BCUT2D eigenvalue weighted by atomic mass is 79.9. The smallest absolute Gasteiger partial charge is 0.329 e. The summed E-state index contributed by atoms with van der Waals surface area (Å²) in [7, 11) is 0. The second-order valence-corrected chi connectivity index (χ2v) is 5.10. The maximum absolute atomic E-state index is 11.5. The molecule has 1 amide bonds. The molecule has 0 aliphatic rings. The summed E-state index contributed by atoms with van der Waals surface area (Å²) >= 11 is 3.25. The Labute approximate surface area is 120 Å². The van der Waals surface area contributed by atoms with E-state index in [1.54, 1.807) is 32.0 Å². The Bertz CT molecular complexity index is 499. The molecule has 0 fully saturated rings. The van der Waals surface area contributed by atoms with Gasteiger partial charge in [-0.2, -0.15) is 0 Å². The van der Waals surface area contributed by atoms with Gasteiger partial charge in [-0.3, -0.25) is 4.79 Å². The fourth-order valence-corrected chi connectivity index (χ4v) is 2.48. The number of benzene rings is 1. The molecule has 0 aromatic heterocycles. The monoisotopic (exact) mass is 328 g/mol. The summed E-state index contributed by atoms with van der Waals surface area (Å²) in [6, 6.07) is 5.05. The summed E-state index contributed by atoms with van der Waals surface area (Å²) in [6.45, 7) is 3.57. The summed E-state index contributed by atoms with van der Waals surface area (Å²) in [6.07, 6.45) is 0.785. The van der Waals surface area contributed by atoms with E-state index >= 15 is 0 Å². The topological polar surface area (TPSA) is 92.4 Å². The van der Waals surface area contributed by atoms with Crippen LogP contribution in [0.3, 0.4) is 0 Å². The normalized spacial score (nSPS) is 11.1. The number of hydrogen-bond donors (Lipinski definition) is 3. The van der Waals surface area contributed by atoms with Crippen molar-refractivity contribution in [3.8, 4) is 0 Å². The van der Waals surface area contributed by atoms with Crippen molar-refractivity contribution in [3.05, 3.63) is 28.2 Å². The lowest BCUT2D eigenvalue weighted by atomic mass is 9.92. The summed E-state index contributed by atoms with van der Waals surface area (Å²) in [5.41, 5.74) is 4.91. The molecule has 0 aliphatic heterocycles. The first-order valence-electron chi connectivity index (χ1n) is 5.97. The number of carbonyl (C=O) groups is 2. The number of nitrogens with two attached hydrogens (primary N) is 1. The first kappa shape index (κ1) is 15.5. The van der Waals surface area contributed by atoms with E-state index in [2.05, 4.69) is 21.2 Å². The summed E-state index contributed by atoms with van der Waals surface area (Å²) in [4.78, 5) is 22.9. The minimum absolute atomic E-state index is 0.259. The zero-order valence-electron chi connectivity index (χ0n) is 10.9. The number of anilines is 1. The Balaban J connectivity index is 3.28. The minimum Gasteiger partial charge on any atom is -0.480 e. The second kappa shape index (κ2) is 6.06. The molecule has 0 spiro atoms. The van der Waals surface area contributed by atoms with Gasteiger partial charge in [-0.15, -0.1) is 0 Å². The molecule has 0 atom stereocenters. The molecule has 6 heteroatoms. The van der Waals surface area contributed by atoms with E-state index in [0.29, 0.717) is 23.0 Å². The van der Waals surface area contributed by atoms with E-state index in [9.17, 15) is 14.7 Å². The third kappa shape index (κ3) is 3.07. The standard InChI is InChI=1S/C13H17BrN2O3/c1-3-13(4-2,12(18)19)16-9-7-5-6-8(14)10(9)11(15)17/h5-7,16H,3-4H2,1-2H3,(H2,15,17)(H,18,19). The zero-order valence-corrected chi connectivity index (χ0v) is 12.5. The van der Waals surface area contributed by atoms with Gasteiger partial charge in [-0.25, -0.2) is 4.79 Å². The van der Waals surface area contributed by atoms with Crippen LogP contribution in [0.25, 0.3) is 0 Å². The van der Waals surface area contributed by atoms with Gasteiger partial charge in [0, 0.05) is 10.2 Å². The SMILES string of the molecule is CCC(CC)(Nc1cccc(Br)c1C(N)=O)C(=O)O. The molecule has 0 saturated heterocycles. The molecule has 4 N–H and O–H groups in total. The van der Waals surface area contributed by atoms with Crippen molar-refractivity contribution in [2.45, 2.75) is 32.2 Å². The molecule has 0 aliphatic carbocycles. The zero-order chi connectivity index (χ0) is 14.6. The van der Waals surface area contributed by atoms with Crippen LogP contribution in [-0.4, -0.2) is 22.5 Å². The molecule has 1 rings (SSSR count). The Kier molecular flexibility index (Phi) is 4.94. The van der Waals surface area contributed by atoms with E-state index in [1.165, 1.54) is 0 Å². The van der Waals surface area contributed by atoms with Crippen LogP contribution in [0.15, 0.2) is 22.7 Å². The molecule has 0 radical (unpaired) electrons. The largest absolute Gasteiger partial charge is 0.480 e. The molecular weight excluding hydrogens is 312 g/mol. The van der Waals surface area contributed by atoms with Crippen molar-refractivity contribution in [1.29, 1.82) is 0 Å². The van der Waals surface area contributed by atoms with Crippen LogP contribution in [0.1, 0.15) is 37.0 Å². The number of nitrogens with one attached hydrogen (secondary N) is 1. The lowest BCUT2D eigenvalue weighted by Crippen LogP contribution is -2.45. The maximum Gasteiger partial charge on any atom is 0.329 e. The third-order valence-corrected chi connectivity index (χ3v) is 3.91. The number of hydrogen-bond acceptors (Lipinski definition) is 3. The van der Waals surface area contributed by atoms with Crippen LogP contribution in [0.4, 0.5) is 5.69 Å². The van der Waals surface area contributed by atoms with E-state index in [1.807, 2.05) is 0 Å². The van der Waals surface area contributed by atoms with Crippen LogP contribution in [0, 0.1) is 0 Å². The molecule has 19 heavy (non-hydrogen) atoms. The average Bonchev–Trinajstić information content (AvgIpc) is 2.35. The Morgan fingerprint density at radius 2 is 1.95 bits per heavy atom. The van der Waals surface area contributed by atoms with Crippen LogP contribution in [-0.2, 0) is 4.79 Å². The number of carboxylic acids is 1. The number of carbonyl (C=O) groups excluding carboxylic acids is 1. The highest BCUT2D eigenvalue weighted by Gasteiger charge is 2.35. The van der Waals surface area contributed by atoms with E-state index in [4.69, 9.17) is 5.73 Å². The predicted octanol–water partition coefficient (Wildman–Crippen LogP) is 2.60. The van der Waals surface area contributed by atoms with Gasteiger partial charge in [0.15, 0.2) is 0 Å². The lowest BCUT2D eigenvalue weighted by Gasteiger charge is -2.30. The predicted molar refractivity (Wildman–Crippen MR) is 77.2 cm³/mol. The van der Waals surface area contributed by atoms with Crippen LogP contribution in [0.2, 0.25) is 0 Å². The molecule has 1 aromatic rings. The van der Waals surface area contributed by atoms with Gasteiger partial charge in [0.05, 0.1) is 5.56 Å². The van der Waals surface area contributed by atoms with Crippen LogP contribution >= 0.6 is 15.9 Å². The van der Waals surface area contributed by atoms with E-state index in [-0.39, 0.29) is 5.56 Å². The number of primary amides is 1. The van der Waals surface area contributed by atoms with Crippen molar-refractivity contribution in [3.63, 3.8) is 0 Å². The number of aliphatic carboxylic acids is 1. The lowest BCUT2D eigenvalue weighted by molar-refractivity contribution is -0.142. The summed E-state index contributed by atoms with van der Waals surface area (Å²) in [5.74, 6) is -1.56. The molecule has 0 saturated carbocycles. The van der Waals surface area contributed by atoms with Gasteiger partial charge in [-0.05, 0) is 40.9 Å². The summed E-state index contributed by atoms with van der Waals surface area (Å²) in [5, 5.41) is 12.3. The number of halogens is 1. The number of rotatable bonds is 6. The Morgan fingerprint density at radius 1 is 1.37 bits per heavy atom. The quantitative estimate of drug-likeness (QED) is 0.748. The van der Waals surface area contributed by atoms with Crippen molar-refractivity contribution in [2.24, 2.45) is 5.73 Å². The number of carboxylic acid groups (broad SMARTS) is 1. The molecular formula is C13H17BrN2O3. The fraction of sp³-hybridized carbons (Fsp3) is 0.385. The van der Waals surface area contributed by atoms with Gasteiger partial charge in [0.25, 0.3) is 5.91 Å². The van der Waals surface area contributed by atoms with Crippen molar-refractivity contribution < 1.29 is 14.7 Å². The van der Waals surface area contributed by atoms with Crippen molar-refractivity contribution >= 4 is 33.5 Å². The first-order valence-corrected chi connectivity index (χ1v) is 6.77. The summed E-state index contributed by atoms with van der Waals surface area (Å²) < 4.78 is 0.538. The van der Waals surface area contributed by atoms with Gasteiger partial charge in [-0.1, -0.05) is 19.9 Å².